The Labute approximate surface area is 133 Å². The Kier molecular flexibility index (Phi) is 4.65. The quantitative estimate of drug-likeness (QED) is 0.837. The van der Waals surface area contributed by atoms with Crippen LogP contribution in [-0.2, 0) is 16.0 Å². The molecule has 1 aromatic carbocycles. The molecule has 1 fully saturated rings. The van der Waals surface area contributed by atoms with E-state index >= 15 is 0 Å². The molecular formula is C16H18N4O3. The molecule has 3 rings (SSSR count). The van der Waals surface area contributed by atoms with Gasteiger partial charge in [-0.25, -0.2) is 9.78 Å². The average molecular weight is 314 g/mol. The Morgan fingerprint density at radius 3 is 2.57 bits per heavy atom. The van der Waals surface area contributed by atoms with Crippen molar-refractivity contribution in [1.29, 1.82) is 0 Å². The lowest BCUT2D eigenvalue weighted by Gasteiger charge is -2.14. The minimum Gasteiger partial charge on any atom is -0.452 e. The van der Waals surface area contributed by atoms with Crippen molar-refractivity contribution in [2.24, 2.45) is 0 Å². The SMILES string of the molecule is O=C(OCC(=O)N1CCCC1)c1ccc(Cc2ncn[nH]2)cc1. The van der Waals surface area contributed by atoms with E-state index in [-0.39, 0.29) is 12.5 Å². The van der Waals surface area contributed by atoms with Crippen LogP contribution in [-0.4, -0.2) is 51.7 Å². The zero-order valence-corrected chi connectivity index (χ0v) is 12.7. The van der Waals surface area contributed by atoms with Crippen LogP contribution in [0.4, 0.5) is 0 Å². The minimum absolute atomic E-state index is 0.127. The third kappa shape index (κ3) is 3.94. The van der Waals surface area contributed by atoms with Gasteiger partial charge in [0.2, 0.25) is 0 Å². The van der Waals surface area contributed by atoms with Crippen molar-refractivity contribution in [1.82, 2.24) is 20.1 Å². The van der Waals surface area contributed by atoms with Gasteiger partial charge in [0.1, 0.15) is 12.2 Å². The first-order chi connectivity index (χ1) is 11.2. The van der Waals surface area contributed by atoms with E-state index in [2.05, 4.69) is 15.2 Å². The number of likely N-dealkylation sites (tertiary alicyclic amines) is 1. The van der Waals surface area contributed by atoms with Gasteiger partial charge in [-0.05, 0) is 30.5 Å². The number of carbonyl (C=O) groups excluding carboxylic acids is 2. The average Bonchev–Trinajstić information content (AvgIpc) is 3.26. The molecule has 1 aromatic heterocycles. The van der Waals surface area contributed by atoms with E-state index in [0.717, 1.165) is 37.3 Å². The second-order valence-corrected chi connectivity index (χ2v) is 5.47. The van der Waals surface area contributed by atoms with Crippen LogP contribution in [0, 0.1) is 0 Å². The fourth-order valence-electron chi connectivity index (χ4n) is 2.54. The normalized spacial score (nSPS) is 14.0. The van der Waals surface area contributed by atoms with Gasteiger partial charge >= 0.3 is 5.97 Å². The van der Waals surface area contributed by atoms with Crippen LogP contribution < -0.4 is 0 Å². The van der Waals surface area contributed by atoms with E-state index in [1.165, 1.54) is 6.33 Å². The van der Waals surface area contributed by atoms with Gasteiger partial charge in [0.15, 0.2) is 6.61 Å². The van der Waals surface area contributed by atoms with E-state index in [0.29, 0.717) is 12.0 Å². The molecule has 0 unspecified atom stereocenters. The molecule has 7 heteroatoms. The summed E-state index contributed by atoms with van der Waals surface area (Å²) in [6, 6.07) is 7.05. The number of aromatic nitrogens is 3. The molecule has 0 atom stereocenters. The number of esters is 1. The largest absolute Gasteiger partial charge is 0.452 e. The lowest BCUT2D eigenvalue weighted by atomic mass is 10.1. The lowest BCUT2D eigenvalue weighted by Crippen LogP contribution is -2.32. The summed E-state index contributed by atoms with van der Waals surface area (Å²) in [7, 11) is 0. The molecule has 1 aliphatic heterocycles. The van der Waals surface area contributed by atoms with E-state index in [1.54, 1.807) is 17.0 Å². The van der Waals surface area contributed by atoms with Crippen molar-refractivity contribution < 1.29 is 14.3 Å². The van der Waals surface area contributed by atoms with Crippen molar-refractivity contribution in [3.8, 4) is 0 Å². The monoisotopic (exact) mass is 314 g/mol. The number of aromatic amines is 1. The van der Waals surface area contributed by atoms with E-state index in [9.17, 15) is 9.59 Å². The maximum absolute atomic E-state index is 12.0. The number of H-pyrrole nitrogens is 1. The Hall–Kier alpha value is -2.70. The van der Waals surface area contributed by atoms with Gasteiger partial charge in [-0.1, -0.05) is 12.1 Å². The Morgan fingerprint density at radius 1 is 1.17 bits per heavy atom. The number of nitrogens with one attached hydrogen (secondary N) is 1. The van der Waals surface area contributed by atoms with Gasteiger partial charge in [-0.3, -0.25) is 9.89 Å². The minimum atomic E-state index is -0.483. The summed E-state index contributed by atoms with van der Waals surface area (Å²) in [5, 5.41) is 6.58. The molecule has 1 aliphatic rings. The molecule has 2 aromatic rings. The molecule has 0 radical (unpaired) electrons. The second kappa shape index (κ2) is 7.04. The van der Waals surface area contributed by atoms with Crippen molar-refractivity contribution >= 4 is 11.9 Å². The molecule has 23 heavy (non-hydrogen) atoms. The van der Waals surface area contributed by atoms with Crippen molar-refractivity contribution in [2.45, 2.75) is 19.3 Å². The van der Waals surface area contributed by atoms with E-state index < -0.39 is 5.97 Å². The number of hydrogen-bond donors (Lipinski definition) is 1. The highest BCUT2D eigenvalue weighted by Gasteiger charge is 2.19. The summed E-state index contributed by atoms with van der Waals surface area (Å²) in [4.78, 5) is 29.6. The first-order valence-corrected chi connectivity index (χ1v) is 7.60. The molecule has 0 aliphatic carbocycles. The fourth-order valence-corrected chi connectivity index (χ4v) is 2.54. The number of nitrogens with zero attached hydrogens (tertiary/aromatic N) is 3. The van der Waals surface area contributed by atoms with Gasteiger partial charge in [0.25, 0.3) is 5.91 Å². The van der Waals surface area contributed by atoms with Crippen molar-refractivity contribution in [2.75, 3.05) is 19.7 Å². The molecule has 0 bridgehead atoms. The molecular weight excluding hydrogens is 296 g/mol. The number of hydrogen-bond acceptors (Lipinski definition) is 5. The molecule has 2 heterocycles. The Bertz CT molecular complexity index is 661. The summed E-state index contributed by atoms with van der Waals surface area (Å²) in [5.41, 5.74) is 1.44. The number of benzene rings is 1. The lowest BCUT2D eigenvalue weighted by molar-refractivity contribution is -0.133. The third-order valence-electron chi connectivity index (χ3n) is 3.81. The van der Waals surface area contributed by atoms with Crippen LogP contribution in [0.3, 0.4) is 0 Å². The molecule has 1 N–H and O–H groups in total. The first-order valence-electron chi connectivity index (χ1n) is 7.60. The van der Waals surface area contributed by atoms with Crippen LogP contribution in [0.5, 0.6) is 0 Å². The number of ether oxygens (including phenoxy) is 1. The summed E-state index contributed by atoms with van der Waals surface area (Å²) < 4.78 is 5.09. The van der Waals surface area contributed by atoms with Crippen molar-refractivity contribution in [3.05, 3.63) is 47.5 Å². The molecule has 1 saturated heterocycles. The summed E-state index contributed by atoms with van der Waals surface area (Å²) >= 11 is 0. The topological polar surface area (TPSA) is 88.2 Å². The number of carbonyl (C=O) groups is 2. The fraction of sp³-hybridized carbons (Fsp3) is 0.375. The van der Waals surface area contributed by atoms with Gasteiger partial charge < -0.3 is 9.64 Å². The van der Waals surface area contributed by atoms with Gasteiger partial charge in [-0.15, -0.1) is 0 Å². The standard InChI is InChI=1S/C16H18N4O3/c21-15(20-7-1-2-8-20)10-23-16(22)13-5-3-12(4-6-13)9-14-17-11-18-19-14/h3-6,11H,1-2,7-10H2,(H,17,18,19). The van der Waals surface area contributed by atoms with Gasteiger partial charge in [-0.2, -0.15) is 5.10 Å². The van der Waals surface area contributed by atoms with E-state index in [1.807, 2.05) is 12.1 Å². The maximum atomic E-state index is 12.0. The predicted octanol–water partition coefficient (Wildman–Crippen LogP) is 1.17. The Morgan fingerprint density at radius 2 is 1.91 bits per heavy atom. The maximum Gasteiger partial charge on any atom is 0.338 e. The predicted molar refractivity (Wildman–Crippen MR) is 81.7 cm³/mol. The van der Waals surface area contributed by atoms with Crippen LogP contribution in [0.2, 0.25) is 0 Å². The van der Waals surface area contributed by atoms with Crippen LogP contribution in [0.25, 0.3) is 0 Å². The zero-order chi connectivity index (χ0) is 16.1. The van der Waals surface area contributed by atoms with Crippen LogP contribution >= 0.6 is 0 Å². The van der Waals surface area contributed by atoms with Gasteiger partial charge in [0.05, 0.1) is 5.56 Å². The molecule has 1 amide bonds. The highest BCUT2D eigenvalue weighted by atomic mass is 16.5. The molecule has 0 saturated carbocycles. The second-order valence-electron chi connectivity index (χ2n) is 5.47. The first kappa shape index (κ1) is 15.2. The summed E-state index contributed by atoms with van der Waals surface area (Å²) in [6.07, 6.45) is 4.11. The van der Waals surface area contributed by atoms with E-state index in [4.69, 9.17) is 4.74 Å². The van der Waals surface area contributed by atoms with Gasteiger partial charge in [0, 0.05) is 19.5 Å². The molecule has 0 spiro atoms. The van der Waals surface area contributed by atoms with Crippen LogP contribution in [0.1, 0.15) is 34.6 Å². The number of amides is 1. The highest BCUT2D eigenvalue weighted by molar-refractivity contribution is 5.91. The molecule has 7 nitrogen and oxygen atoms in total. The third-order valence-corrected chi connectivity index (χ3v) is 3.81. The summed E-state index contributed by atoms with van der Waals surface area (Å²) in [6.45, 7) is 1.32. The van der Waals surface area contributed by atoms with Crippen LogP contribution in [0.15, 0.2) is 30.6 Å². The van der Waals surface area contributed by atoms with Crippen molar-refractivity contribution in [3.63, 3.8) is 0 Å². The zero-order valence-electron chi connectivity index (χ0n) is 12.7. The summed E-state index contributed by atoms with van der Waals surface area (Å²) in [5.74, 6) is 0.151. The molecule has 120 valence electrons. The highest BCUT2D eigenvalue weighted by Crippen LogP contribution is 2.10. The Balaban J connectivity index is 1.52. The number of rotatable bonds is 5. The smallest absolute Gasteiger partial charge is 0.338 e.